The Kier molecular flexibility index (Phi) is 2.83. The fourth-order valence-corrected chi connectivity index (χ4v) is 1.30. The lowest BCUT2D eigenvalue weighted by Gasteiger charge is -2.12. The monoisotopic (exact) mass is 206 g/mol. The highest BCUT2D eigenvalue weighted by Gasteiger charge is 2.33. The molecule has 0 nitrogen and oxygen atoms in total. The van der Waals surface area contributed by atoms with Crippen LogP contribution in [-0.2, 0) is 12.6 Å². The molecule has 0 fully saturated rings. The van der Waals surface area contributed by atoms with Gasteiger partial charge in [0, 0.05) is 0 Å². The Labute approximate surface area is 79.6 Å². The van der Waals surface area contributed by atoms with Crippen molar-refractivity contribution in [3.05, 3.63) is 34.6 Å². The van der Waals surface area contributed by atoms with E-state index in [4.69, 9.17) is 0 Å². The quantitative estimate of drug-likeness (QED) is 0.614. The van der Waals surface area contributed by atoms with E-state index in [-0.39, 0.29) is 17.5 Å². The molecule has 0 N–H and O–H groups in total. The summed E-state index contributed by atoms with van der Waals surface area (Å²) in [6.45, 7) is 3.07. The number of benzene rings is 1. The summed E-state index contributed by atoms with van der Waals surface area (Å²) >= 11 is 0. The molecule has 1 rings (SSSR count). The highest BCUT2D eigenvalue weighted by molar-refractivity contribution is 5.34. The average molecular weight is 206 g/mol. The van der Waals surface area contributed by atoms with Crippen molar-refractivity contribution in [1.82, 2.24) is 0 Å². The van der Waals surface area contributed by atoms with E-state index in [1.807, 2.05) is 0 Å². The lowest BCUT2D eigenvalue weighted by Crippen LogP contribution is -2.10. The van der Waals surface area contributed by atoms with E-state index in [2.05, 4.69) is 0 Å². The summed E-state index contributed by atoms with van der Waals surface area (Å²) in [5, 5.41) is 0. The molecule has 0 aliphatic rings. The zero-order valence-electron chi connectivity index (χ0n) is 7.87. The summed E-state index contributed by atoms with van der Waals surface area (Å²) in [4.78, 5) is 0. The largest absolute Gasteiger partial charge is 0.416 e. The second-order valence-corrected chi connectivity index (χ2v) is 3.11. The minimum atomic E-state index is -4.47. The molecule has 14 heavy (non-hydrogen) atoms. The van der Waals surface area contributed by atoms with Crippen LogP contribution < -0.4 is 0 Å². The first-order valence-corrected chi connectivity index (χ1v) is 4.22. The standard InChI is InChI=1S/C10H10F4/c1-3-7-4-6(2)9(11)5-8(7)10(12,13)14/h4-5H,3H2,1-2H3. The third-order valence-corrected chi connectivity index (χ3v) is 2.07. The van der Waals surface area contributed by atoms with Gasteiger partial charge in [0.2, 0.25) is 0 Å². The second kappa shape index (κ2) is 3.59. The first kappa shape index (κ1) is 11.0. The van der Waals surface area contributed by atoms with E-state index in [9.17, 15) is 17.6 Å². The van der Waals surface area contributed by atoms with Gasteiger partial charge in [0.25, 0.3) is 0 Å². The number of rotatable bonds is 1. The highest BCUT2D eigenvalue weighted by Crippen LogP contribution is 2.33. The first-order valence-electron chi connectivity index (χ1n) is 4.22. The fraction of sp³-hybridized carbons (Fsp3) is 0.400. The summed E-state index contributed by atoms with van der Waals surface area (Å²) in [7, 11) is 0. The molecule has 0 aliphatic carbocycles. The van der Waals surface area contributed by atoms with Gasteiger partial charge < -0.3 is 0 Å². The molecule has 0 amide bonds. The molecule has 0 radical (unpaired) electrons. The van der Waals surface area contributed by atoms with E-state index in [1.54, 1.807) is 6.92 Å². The van der Waals surface area contributed by atoms with Crippen LogP contribution in [0, 0.1) is 12.7 Å². The normalized spacial score (nSPS) is 11.9. The molecule has 4 heteroatoms. The van der Waals surface area contributed by atoms with Crippen LogP contribution >= 0.6 is 0 Å². The maximum Gasteiger partial charge on any atom is 0.416 e. The van der Waals surface area contributed by atoms with Crippen molar-refractivity contribution in [3.63, 3.8) is 0 Å². The Bertz CT molecular complexity index is 339. The van der Waals surface area contributed by atoms with Crippen molar-refractivity contribution >= 4 is 0 Å². The molecule has 1 aromatic rings. The average Bonchev–Trinajstić information content (AvgIpc) is 2.07. The predicted octanol–water partition coefficient (Wildman–Crippen LogP) is 3.72. The predicted molar refractivity (Wildman–Crippen MR) is 45.5 cm³/mol. The zero-order valence-corrected chi connectivity index (χ0v) is 7.87. The Hall–Kier alpha value is -1.06. The van der Waals surface area contributed by atoms with Crippen LogP contribution in [0.25, 0.3) is 0 Å². The molecular weight excluding hydrogens is 196 g/mol. The van der Waals surface area contributed by atoms with E-state index >= 15 is 0 Å². The molecule has 0 spiro atoms. The number of hydrogen-bond acceptors (Lipinski definition) is 0. The minimum absolute atomic E-state index is 0.136. The molecule has 0 bridgehead atoms. The van der Waals surface area contributed by atoms with Crippen molar-refractivity contribution < 1.29 is 17.6 Å². The van der Waals surface area contributed by atoms with Crippen molar-refractivity contribution in [1.29, 1.82) is 0 Å². The van der Waals surface area contributed by atoms with Crippen molar-refractivity contribution in [2.75, 3.05) is 0 Å². The number of hydrogen-bond donors (Lipinski definition) is 0. The Morgan fingerprint density at radius 2 is 1.79 bits per heavy atom. The maximum atomic E-state index is 12.9. The molecule has 0 heterocycles. The lowest BCUT2D eigenvalue weighted by molar-refractivity contribution is -0.138. The first-order chi connectivity index (χ1) is 6.36. The maximum absolute atomic E-state index is 12.9. The Balaban J connectivity index is 3.35. The Morgan fingerprint density at radius 3 is 2.21 bits per heavy atom. The van der Waals surface area contributed by atoms with Gasteiger partial charge in [0.1, 0.15) is 5.82 Å². The molecule has 0 saturated heterocycles. The topological polar surface area (TPSA) is 0 Å². The zero-order chi connectivity index (χ0) is 10.9. The molecular formula is C10H10F4. The summed E-state index contributed by atoms with van der Waals surface area (Å²) in [6.07, 6.45) is -4.23. The van der Waals surface area contributed by atoms with E-state index in [1.165, 1.54) is 13.0 Å². The van der Waals surface area contributed by atoms with Gasteiger partial charge in [-0.2, -0.15) is 13.2 Å². The van der Waals surface area contributed by atoms with Crippen LogP contribution in [0.5, 0.6) is 0 Å². The Morgan fingerprint density at radius 1 is 1.21 bits per heavy atom. The van der Waals surface area contributed by atoms with E-state index < -0.39 is 17.6 Å². The SMILES string of the molecule is CCc1cc(C)c(F)cc1C(F)(F)F. The van der Waals surface area contributed by atoms with Gasteiger partial charge in [-0.15, -0.1) is 0 Å². The lowest BCUT2D eigenvalue weighted by atomic mass is 10.0. The summed E-state index contributed by atoms with van der Waals surface area (Å²) in [5.41, 5.74) is -0.491. The van der Waals surface area contributed by atoms with Gasteiger partial charge >= 0.3 is 6.18 Å². The van der Waals surface area contributed by atoms with Gasteiger partial charge in [0.15, 0.2) is 0 Å². The van der Waals surface area contributed by atoms with Crippen LogP contribution in [0.2, 0.25) is 0 Å². The van der Waals surface area contributed by atoms with Crippen LogP contribution in [0.1, 0.15) is 23.6 Å². The van der Waals surface area contributed by atoms with Crippen molar-refractivity contribution in [3.8, 4) is 0 Å². The van der Waals surface area contributed by atoms with Crippen LogP contribution in [0.15, 0.2) is 12.1 Å². The molecule has 0 saturated carbocycles. The fourth-order valence-electron chi connectivity index (χ4n) is 1.30. The van der Waals surface area contributed by atoms with Crippen molar-refractivity contribution in [2.45, 2.75) is 26.4 Å². The molecule has 0 aliphatic heterocycles. The molecule has 0 atom stereocenters. The van der Waals surface area contributed by atoms with Crippen LogP contribution in [0.4, 0.5) is 17.6 Å². The van der Waals surface area contributed by atoms with Gasteiger partial charge in [0.05, 0.1) is 5.56 Å². The van der Waals surface area contributed by atoms with Crippen LogP contribution in [-0.4, -0.2) is 0 Å². The van der Waals surface area contributed by atoms with Gasteiger partial charge in [-0.25, -0.2) is 4.39 Å². The highest BCUT2D eigenvalue weighted by atomic mass is 19.4. The summed E-state index contributed by atoms with van der Waals surface area (Å²) in [6, 6.07) is 1.81. The third kappa shape index (κ3) is 2.05. The number of alkyl halides is 3. The van der Waals surface area contributed by atoms with Crippen LogP contribution in [0.3, 0.4) is 0 Å². The van der Waals surface area contributed by atoms with Gasteiger partial charge in [-0.05, 0) is 30.5 Å². The smallest absolute Gasteiger partial charge is 0.207 e. The molecule has 78 valence electrons. The van der Waals surface area contributed by atoms with Crippen molar-refractivity contribution in [2.24, 2.45) is 0 Å². The second-order valence-electron chi connectivity index (χ2n) is 3.11. The molecule has 0 unspecified atom stereocenters. The van der Waals surface area contributed by atoms with E-state index in [0.717, 1.165) is 0 Å². The number of halogens is 4. The molecule has 0 aromatic heterocycles. The minimum Gasteiger partial charge on any atom is -0.207 e. The van der Waals surface area contributed by atoms with E-state index in [0.29, 0.717) is 6.07 Å². The summed E-state index contributed by atoms with van der Waals surface area (Å²) < 4.78 is 50.1. The van der Waals surface area contributed by atoms with Gasteiger partial charge in [-0.3, -0.25) is 0 Å². The molecule has 1 aromatic carbocycles. The third-order valence-electron chi connectivity index (χ3n) is 2.07. The summed E-state index contributed by atoms with van der Waals surface area (Å²) in [5.74, 6) is -0.811. The number of aryl methyl sites for hydroxylation is 2. The van der Waals surface area contributed by atoms with Gasteiger partial charge in [-0.1, -0.05) is 13.0 Å².